The Labute approximate surface area is 193 Å². The van der Waals surface area contributed by atoms with Crippen molar-refractivity contribution in [1.82, 2.24) is 25.1 Å². The zero-order valence-electron chi connectivity index (χ0n) is 20.9. The predicted molar refractivity (Wildman–Crippen MR) is 127 cm³/mol. The number of carbonyl (C=O) groups is 2. The molecule has 7 nitrogen and oxygen atoms in total. The van der Waals surface area contributed by atoms with E-state index in [1.807, 2.05) is 16.7 Å². The van der Waals surface area contributed by atoms with Crippen LogP contribution in [0.25, 0.3) is 0 Å². The molecule has 0 radical (unpaired) electrons. The molecule has 1 aromatic rings. The molecule has 2 amide bonds. The SMILES string of the molecule is Cc1nc(CC2CCN(C(=O)[C@H](CC(C)C)N3CCN[C@@H](CC(C)C)C3=O)CC2)[nH]c1C. The van der Waals surface area contributed by atoms with Crippen LogP contribution >= 0.6 is 0 Å². The molecule has 2 saturated heterocycles. The van der Waals surface area contributed by atoms with Crippen molar-refractivity contribution >= 4 is 11.8 Å². The molecule has 1 aromatic heterocycles. The first-order valence-electron chi connectivity index (χ1n) is 12.5. The van der Waals surface area contributed by atoms with Gasteiger partial charge in [-0.3, -0.25) is 9.59 Å². The molecule has 2 N–H and O–H groups in total. The summed E-state index contributed by atoms with van der Waals surface area (Å²) >= 11 is 0. The molecule has 3 rings (SSSR count). The molecule has 0 saturated carbocycles. The number of H-pyrrole nitrogens is 1. The number of piperazine rings is 1. The van der Waals surface area contributed by atoms with Gasteiger partial charge in [0.05, 0.1) is 11.7 Å². The topological polar surface area (TPSA) is 81.3 Å². The van der Waals surface area contributed by atoms with E-state index in [2.05, 4.69) is 49.9 Å². The van der Waals surface area contributed by atoms with E-state index < -0.39 is 0 Å². The van der Waals surface area contributed by atoms with Gasteiger partial charge in [0.15, 0.2) is 0 Å². The van der Waals surface area contributed by atoms with Gasteiger partial charge in [0, 0.05) is 38.3 Å². The van der Waals surface area contributed by atoms with E-state index in [1.165, 1.54) is 0 Å². The molecule has 2 aliphatic rings. The van der Waals surface area contributed by atoms with Crippen molar-refractivity contribution in [2.75, 3.05) is 26.2 Å². The highest BCUT2D eigenvalue weighted by molar-refractivity contribution is 5.90. The maximum absolute atomic E-state index is 13.6. The molecule has 0 spiro atoms. The van der Waals surface area contributed by atoms with E-state index >= 15 is 0 Å². The third-order valence-corrected chi connectivity index (χ3v) is 6.97. The van der Waals surface area contributed by atoms with Gasteiger partial charge >= 0.3 is 0 Å². The van der Waals surface area contributed by atoms with Crippen LogP contribution in [0.3, 0.4) is 0 Å². The second-order valence-electron chi connectivity index (χ2n) is 10.7. The Morgan fingerprint density at radius 1 is 1.09 bits per heavy atom. The van der Waals surface area contributed by atoms with Crippen LogP contribution in [0.2, 0.25) is 0 Å². The first-order chi connectivity index (χ1) is 15.2. The van der Waals surface area contributed by atoms with Crippen LogP contribution in [0.1, 0.15) is 70.6 Å². The van der Waals surface area contributed by atoms with Crippen molar-refractivity contribution in [1.29, 1.82) is 0 Å². The lowest BCUT2D eigenvalue weighted by atomic mass is 9.91. The van der Waals surface area contributed by atoms with Gasteiger partial charge < -0.3 is 20.1 Å². The van der Waals surface area contributed by atoms with Crippen molar-refractivity contribution in [3.63, 3.8) is 0 Å². The molecule has 2 fully saturated rings. The fraction of sp³-hybridized carbons (Fsp3) is 0.800. The summed E-state index contributed by atoms with van der Waals surface area (Å²) in [5.74, 6) is 2.64. The Morgan fingerprint density at radius 3 is 2.34 bits per heavy atom. The average molecular weight is 446 g/mol. The number of aromatic nitrogens is 2. The molecule has 0 aliphatic carbocycles. The molecule has 2 aliphatic heterocycles. The Bertz CT molecular complexity index is 760. The number of imidazole rings is 1. The van der Waals surface area contributed by atoms with Crippen LogP contribution in [0.15, 0.2) is 0 Å². The van der Waals surface area contributed by atoms with Crippen LogP contribution in [0.5, 0.6) is 0 Å². The number of hydrogen-bond donors (Lipinski definition) is 2. The highest BCUT2D eigenvalue weighted by Crippen LogP contribution is 2.25. The average Bonchev–Trinajstić information content (AvgIpc) is 3.04. The van der Waals surface area contributed by atoms with E-state index in [4.69, 9.17) is 0 Å². The number of nitrogens with zero attached hydrogens (tertiary/aromatic N) is 3. The highest BCUT2D eigenvalue weighted by atomic mass is 16.2. The van der Waals surface area contributed by atoms with Gasteiger partial charge in [0.25, 0.3) is 0 Å². The molecule has 3 heterocycles. The molecule has 0 bridgehead atoms. The lowest BCUT2D eigenvalue weighted by molar-refractivity contribution is -0.150. The molecule has 32 heavy (non-hydrogen) atoms. The molecule has 7 heteroatoms. The third-order valence-electron chi connectivity index (χ3n) is 6.97. The van der Waals surface area contributed by atoms with E-state index in [-0.39, 0.29) is 23.9 Å². The largest absolute Gasteiger partial charge is 0.346 e. The van der Waals surface area contributed by atoms with Crippen LogP contribution in [-0.4, -0.2) is 69.8 Å². The standard InChI is InChI=1S/C25H43N5O2/c1-16(2)13-21-24(31)30(12-9-26-21)22(14-17(3)4)25(32)29-10-7-20(8-11-29)15-23-27-18(5)19(6)28-23/h16-17,20-22,26H,7-15H2,1-6H3,(H,27,28)/t21-,22-/m0/s1. The summed E-state index contributed by atoms with van der Waals surface area (Å²) in [4.78, 5) is 38.8. The number of rotatable bonds is 8. The number of piperidine rings is 1. The molecule has 180 valence electrons. The normalized spacial score (nSPS) is 21.6. The fourth-order valence-corrected chi connectivity index (χ4v) is 5.09. The van der Waals surface area contributed by atoms with Crippen molar-refractivity contribution in [2.24, 2.45) is 17.8 Å². The van der Waals surface area contributed by atoms with Gasteiger partial charge in [-0.2, -0.15) is 0 Å². The third kappa shape index (κ3) is 6.12. The van der Waals surface area contributed by atoms with Gasteiger partial charge in [-0.15, -0.1) is 0 Å². The van der Waals surface area contributed by atoms with E-state index in [0.717, 1.165) is 69.0 Å². The first kappa shape index (κ1) is 24.7. The second-order valence-corrected chi connectivity index (χ2v) is 10.7. The van der Waals surface area contributed by atoms with Gasteiger partial charge in [0.1, 0.15) is 11.9 Å². The Kier molecular flexibility index (Phi) is 8.37. The van der Waals surface area contributed by atoms with Gasteiger partial charge in [-0.05, 0) is 57.3 Å². The molecule has 0 aromatic carbocycles. The number of likely N-dealkylation sites (tertiary alicyclic amines) is 1. The summed E-state index contributed by atoms with van der Waals surface area (Å²) in [5.41, 5.74) is 2.21. The maximum Gasteiger partial charge on any atom is 0.245 e. The fourth-order valence-electron chi connectivity index (χ4n) is 5.09. The minimum Gasteiger partial charge on any atom is -0.346 e. The summed E-state index contributed by atoms with van der Waals surface area (Å²) < 4.78 is 0. The quantitative estimate of drug-likeness (QED) is 0.644. The van der Waals surface area contributed by atoms with E-state index in [0.29, 0.717) is 24.3 Å². The van der Waals surface area contributed by atoms with Crippen LogP contribution in [-0.2, 0) is 16.0 Å². The zero-order chi connectivity index (χ0) is 23.4. The Morgan fingerprint density at radius 2 is 1.78 bits per heavy atom. The van der Waals surface area contributed by atoms with Crippen LogP contribution in [0, 0.1) is 31.6 Å². The van der Waals surface area contributed by atoms with E-state index in [1.54, 1.807) is 0 Å². The Hall–Kier alpha value is -1.89. The van der Waals surface area contributed by atoms with Crippen molar-refractivity contribution in [2.45, 2.75) is 85.7 Å². The van der Waals surface area contributed by atoms with Gasteiger partial charge in [-0.25, -0.2) is 4.98 Å². The first-order valence-corrected chi connectivity index (χ1v) is 12.5. The molecule has 0 unspecified atom stereocenters. The van der Waals surface area contributed by atoms with Gasteiger partial charge in [0.2, 0.25) is 11.8 Å². The number of carbonyl (C=O) groups excluding carboxylic acids is 2. The molecule has 2 atom stereocenters. The number of nitrogens with one attached hydrogen (secondary N) is 2. The summed E-state index contributed by atoms with van der Waals surface area (Å²) in [6.45, 7) is 15.6. The predicted octanol–water partition coefficient (Wildman–Crippen LogP) is 3.07. The monoisotopic (exact) mass is 445 g/mol. The minimum atomic E-state index is -0.341. The summed E-state index contributed by atoms with van der Waals surface area (Å²) in [6.07, 6.45) is 4.47. The summed E-state index contributed by atoms with van der Waals surface area (Å²) in [7, 11) is 0. The van der Waals surface area contributed by atoms with Crippen molar-refractivity contribution in [3.8, 4) is 0 Å². The molecular formula is C25H43N5O2. The van der Waals surface area contributed by atoms with Crippen molar-refractivity contribution < 1.29 is 9.59 Å². The summed E-state index contributed by atoms with van der Waals surface area (Å²) in [5, 5.41) is 3.37. The number of amides is 2. The highest BCUT2D eigenvalue weighted by Gasteiger charge is 2.39. The zero-order valence-corrected chi connectivity index (χ0v) is 20.9. The van der Waals surface area contributed by atoms with E-state index in [9.17, 15) is 9.59 Å². The van der Waals surface area contributed by atoms with Crippen LogP contribution < -0.4 is 5.32 Å². The Balaban J connectivity index is 1.62. The minimum absolute atomic E-state index is 0.0994. The summed E-state index contributed by atoms with van der Waals surface area (Å²) in [6, 6.07) is -0.511. The van der Waals surface area contributed by atoms with Gasteiger partial charge in [-0.1, -0.05) is 27.7 Å². The van der Waals surface area contributed by atoms with Crippen LogP contribution in [0.4, 0.5) is 0 Å². The molecular weight excluding hydrogens is 402 g/mol. The smallest absolute Gasteiger partial charge is 0.245 e. The second kappa shape index (κ2) is 10.8. The maximum atomic E-state index is 13.6. The lowest BCUT2D eigenvalue weighted by Gasteiger charge is -2.42. The van der Waals surface area contributed by atoms with Crippen molar-refractivity contribution in [3.05, 3.63) is 17.2 Å². The number of aryl methyl sites for hydroxylation is 2. The number of hydrogen-bond acceptors (Lipinski definition) is 4. The lowest BCUT2D eigenvalue weighted by Crippen LogP contribution is -2.62. The number of aromatic amines is 1.